The fourth-order valence-corrected chi connectivity index (χ4v) is 4.93. The Bertz CT molecular complexity index is 1400. The van der Waals surface area contributed by atoms with Crippen molar-refractivity contribution in [1.82, 2.24) is 9.44 Å². The molecule has 13 nitrogen and oxygen atoms in total. The highest BCUT2D eigenvalue weighted by molar-refractivity contribution is 7.89. The highest BCUT2D eigenvalue weighted by atomic mass is 32.2. The molecule has 0 unspecified atom stereocenters. The van der Waals surface area contributed by atoms with Gasteiger partial charge >= 0.3 is 0 Å². The number of anilines is 1. The number of benzene rings is 2. The van der Waals surface area contributed by atoms with Crippen molar-refractivity contribution in [3.05, 3.63) is 36.4 Å². The minimum absolute atomic E-state index is 0.115. The molecule has 2 aromatic rings. The van der Waals surface area contributed by atoms with E-state index in [2.05, 4.69) is 30.2 Å². The predicted octanol–water partition coefficient (Wildman–Crippen LogP) is 3.29. The Morgan fingerprint density at radius 1 is 0.892 bits per heavy atom. The van der Waals surface area contributed by atoms with Crippen LogP contribution in [0, 0.1) is 11.3 Å². The summed E-state index contributed by atoms with van der Waals surface area (Å²) in [6.07, 6.45) is 2.91. The Balaban J connectivity index is 2.24. The first kappa shape index (κ1) is 29.6. The number of phenols is 2. The molecule has 5 N–H and O–H groups in total. The van der Waals surface area contributed by atoms with Gasteiger partial charge in [0.15, 0.2) is 0 Å². The van der Waals surface area contributed by atoms with Crippen LogP contribution in [-0.2, 0) is 20.0 Å². The lowest BCUT2D eigenvalue weighted by Gasteiger charge is -2.09. The minimum Gasteiger partial charge on any atom is -0.506 e. The zero-order valence-electron chi connectivity index (χ0n) is 20.3. The van der Waals surface area contributed by atoms with Gasteiger partial charge < -0.3 is 10.2 Å². The number of phenolic OH excluding ortho intramolecular Hbond substituents is 2. The summed E-state index contributed by atoms with van der Waals surface area (Å²) in [5.41, 5.74) is 2.02. The average molecular weight is 552 g/mol. The summed E-state index contributed by atoms with van der Waals surface area (Å²) in [5.74, 6) is -1.27. The van der Waals surface area contributed by atoms with Gasteiger partial charge in [0.25, 0.3) is 5.84 Å². The largest absolute Gasteiger partial charge is 0.506 e. The quantitative estimate of drug-likeness (QED) is 0.0622. The number of unbranched alkanes of at least 4 members (excludes halogenated alkanes) is 2. The van der Waals surface area contributed by atoms with E-state index in [1.807, 2.05) is 13.8 Å². The van der Waals surface area contributed by atoms with Crippen LogP contribution in [0.1, 0.15) is 39.5 Å². The van der Waals surface area contributed by atoms with Crippen molar-refractivity contribution in [3.63, 3.8) is 0 Å². The van der Waals surface area contributed by atoms with E-state index in [0.29, 0.717) is 12.8 Å². The Morgan fingerprint density at radius 2 is 1.43 bits per heavy atom. The molecule has 2 rings (SSSR count). The van der Waals surface area contributed by atoms with E-state index in [4.69, 9.17) is 0 Å². The zero-order valence-corrected chi connectivity index (χ0v) is 22.0. The van der Waals surface area contributed by atoms with Crippen molar-refractivity contribution in [2.24, 2.45) is 15.3 Å². The fraction of sp³-hybridized carbons (Fsp3) is 0.364. The third kappa shape index (κ3) is 8.79. The number of hydrogen-bond acceptors (Lipinski definition) is 10. The number of azo groups is 1. The van der Waals surface area contributed by atoms with Gasteiger partial charge in [0.1, 0.15) is 23.3 Å². The molecule has 0 spiro atoms. The van der Waals surface area contributed by atoms with Crippen LogP contribution in [0.2, 0.25) is 0 Å². The summed E-state index contributed by atoms with van der Waals surface area (Å²) < 4.78 is 54.5. The van der Waals surface area contributed by atoms with Crippen LogP contribution in [0.3, 0.4) is 0 Å². The molecule has 37 heavy (non-hydrogen) atoms. The van der Waals surface area contributed by atoms with Crippen molar-refractivity contribution >= 4 is 37.3 Å². The normalized spacial score (nSPS) is 12.5. The van der Waals surface area contributed by atoms with Gasteiger partial charge in [0.2, 0.25) is 20.0 Å². The number of aromatic hydroxyl groups is 2. The number of amidine groups is 1. The number of hydrazone groups is 1. The van der Waals surface area contributed by atoms with Gasteiger partial charge in [0.05, 0.1) is 15.5 Å². The molecule has 0 aliphatic heterocycles. The molecule has 15 heteroatoms. The molecule has 0 fully saturated rings. The standard InChI is InChI=1S/C22H29N7O6S2/c1-3-5-11-24-36(32,33)16-7-9-20(30)18(13-16)26-28-22(15-23)29-27-19-14-17(8-10-21(19)31)37(34,35)25-12-6-4-2/h7-10,13-14,24-26,30-31H,3-6,11-12H2,1-2H3/b28-22+,29-27+. The van der Waals surface area contributed by atoms with Crippen molar-refractivity contribution < 1.29 is 27.0 Å². The Morgan fingerprint density at radius 3 is 1.97 bits per heavy atom. The highest BCUT2D eigenvalue weighted by Crippen LogP contribution is 2.30. The molecule has 200 valence electrons. The van der Waals surface area contributed by atoms with Crippen LogP contribution in [0.25, 0.3) is 0 Å². The lowest BCUT2D eigenvalue weighted by atomic mass is 10.3. The third-order valence-electron chi connectivity index (χ3n) is 4.82. The molecule has 0 aromatic heterocycles. The molecule has 0 bridgehead atoms. The first-order valence-electron chi connectivity index (χ1n) is 11.3. The van der Waals surface area contributed by atoms with Gasteiger partial charge in [-0.1, -0.05) is 26.7 Å². The number of rotatable bonds is 13. The minimum atomic E-state index is -3.84. The lowest BCUT2D eigenvalue weighted by Crippen LogP contribution is -2.24. The van der Waals surface area contributed by atoms with E-state index < -0.39 is 25.9 Å². The number of hydrogen-bond donors (Lipinski definition) is 5. The number of nitrogens with zero attached hydrogens (tertiary/aromatic N) is 4. The van der Waals surface area contributed by atoms with Gasteiger partial charge in [0, 0.05) is 13.1 Å². The smallest absolute Gasteiger partial charge is 0.270 e. The SMILES string of the molecule is CCCCNS(=O)(=O)c1ccc(O)c(/N=N/C(C#N)=N/Nc2cc(S(=O)(=O)NCCCC)ccc2O)c1. The van der Waals surface area contributed by atoms with Gasteiger partial charge in [-0.3, -0.25) is 5.43 Å². The monoisotopic (exact) mass is 551 g/mol. The first-order valence-corrected chi connectivity index (χ1v) is 14.3. The maximum Gasteiger partial charge on any atom is 0.270 e. The molecule has 0 atom stereocenters. The predicted molar refractivity (Wildman–Crippen MR) is 138 cm³/mol. The average Bonchev–Trinajstić information content (AvgIpc) is 2.86. The van der Waals surface area contributed by atoms with E-state index in [9.17, 15) is 32.3 Å². The Labute approximate surface area is 216 Å². The molecule has 0 heterocycles. The third-order valence-corrected chi connectivity index (χ3v) is 7.73. The molecular weight excluding hydrogens is 522 g/mol. The second-order valence-electron chi connectivity index (χ2n) is 7.69. The molecule has 0 saturated heterocycles. The second-order valence-corrected chi connectivity index (χ2v) is 11.2. The van der Waals surface area contributed by atoms with Crippen LogP contribution in [0.5, 0.6) is 11.5 Å². The Hall–Kier alpha value is -3.58. The fourth-order valence-electron chi connectivity index (χ4n) is 2.74. The summed E-state index contributed by atoms with van der Waals surface area (Å²) in [7, 11) is -7.67. The number of nitriles is 1. The molecule has 0 radical (unpaired) electrons. The zero-order chi connectivity index (χ0) is 27.5. The van der Waals surface area contributed by atoms with Crippen LogP contribution in [0.4, 0.5) is 11.4 Å². The molecular formula is C22H29N7O6S2. The summed E-state index contributed by atoms with van der Waals surface area (Å²) in [4.78, 5) is -0.283. The van der Waals surface area contributed by atoms with Crippen molar-refractivity contribution in [3.8, 4) is 17.6 Å². The van der Waals surface area contributed by atoms with E-state index in [-0.39, 0.29) is 45.8 Å². The summed E-state index contributed by atoms with van der Waals surface area (Å²) in [6, 6.07) is 8.55. The van der Waals surface area contributed by atoms with Crippen LogP contribution >= 0.6 is 0 Å². The van der Waals surface area contributed by atoms with E-state index >= 15 is 0 Å². The van der Waals surface area contributed by atoms with Gasteiger partial charge in [-0.25, -0.2) is 26.3 Å². The first-order chi connectivity index (χ1) is 17.5. The van der Waals surface area contributed by atoms with Crippen molar-refractivity contribution in [2.45, 2.75) is 49.3 Å². The molecule has 0 aliphatic carbocycles. The van der Waals surface area contributed by atoms with Gasteiger partial charge in [-0.2, -0.15) is 5.26 Å². The number of nitrogens with one attached hydrogen (secondary N) is 3. The molecule has 0 aliphatic rings. The topological polar surface area (TPSA) is 206 Å². The maximum absolute atomic E-state index is 12.4. The van der Waals surface area contributed by atoms with E-state index in [1.54, 1.807) is 6.07 Å². The van der Waals surface area contributed by atoms with Crippen molar-refractivity contribution in [2.75, 3.05) is 18.5 Å². The Kier molecular flexibility index (Phi) is 10.9. The van der Waals surface area contributed by atoms with Crippen LogP contribution in [0.15, 0.2) is 61.5 Å². The van der Waals surface area contributed by atoms with Crippen LogP contribution in [-0.4, -0.2) is 46.0 Å². The molecule has 0 saturated carbocycles. The summed E-state index contributed by atoms with van der Waals surface area (Å²) in [6.45, 7) is 4.34. The molecule has 2 aromatic carbocycles. The van der Waals surface area contributed by atoms with E-state index in [1.165, 1.54) is 12.1 Å². The summed E-state index contributed by atoms with van der Waals surface area (Å²) in [5, 5.41) is 40.4. The van der Waals surface area contributed by atoms with E-state index in [0.717, 1.165) is 37.1 Å². The molecule has 0 amide bonds. The lowest BCUT2D eigenvalue weighted by molar-refractivity contribution is 0.475. The highest BCUT2D eigenvalue weighted by Gasteiger charge is 2.17. The number of sulfonamides is 2. The maximum atomic E-state index is 12.4. The van der Waals surface area contributed by atoms with Gasteiger partial charge in [-0.05, 0) is 49.2 Å². The van der Waals surface area contributed by atoms with Gasteiger partial charge in [-0.15, -0.1) is 15.3 Å². The van der Waals surface area contributed by atoms with Crippen LogP contribution < -0.4 is 14.9 Å². The van der Waals surface area contributed by atoms with Crippen molar-refractivity contribution in [1.29, 1.82) is 5.26 Å². The summed E-state index contributed by atoms with van der Waals surface area (Å²) >= 11 is 0. The second kappa shape index (κ2) is 13.7.